The van der Waals surface area contributed by atoms with E-state index in [0.29, 0.717) is 18.9 Å². The maximum Gasteiger partial charge on any atom is 0.227 e. The molecule has 0 fully saturated rings. The molecule has 0 aliphatic carbocycles. The van der Waals surface area contributed by atoms with Crippen molar-refractivity contribution >= 4 is 11.9 Å². The maximum absolute atomic E-state index is 12.4. The van der Waals surface area contributed by atoms with E-state index in [9.17, 15) is 4.79 Å². The molecule has 29 heavy (non-hydrogen) atoms. The summed E-state index contributed by atoms with van der Waals surface area (Å²) in [5, 5.41) is 0. The van der Waals surface area contributed by atoms with Crippen LogP contribution < -0.4 is 10.2 Å². The second-order valence-corrected chi connectivity index (χ2v) is 8.71. The van der Waals surface area contributed by atoms with Gasteiger partial charge in [0.2, 0.25) is 11.2 Å². The third kappa shape index (κ3) is 5.09. The van der Waals surface area contributed by atoms with Crippen LogP contribution in [0.2, 0.25) is 0 Å². The summed E-state index contributed by atoms with van der Waals surface area (Å²) in [5.74, 6) is 0.894. The van der Waals surface area contributed by atoms with Crippen LogP contribution in [0.25, 0.3) is 0 Å². The van der Waals surface area contributed by atoms with Crippen molar-refractivity contribution in [2.45, 2.75) is 31.1 Å². The highest BCUT2D eigenvalue weighted by Gasteiger charge is 2.19. The van der Waals surface area contributed by atoms with Crippen LogP contribution in [-0.2, 0) is 26.2 Å². The number of ether oxygens (including phenoxy) is 1. The van der Waals surface area contributed by atoms with E-state index in [1.54, 1.807) is 11.9 Å². The Morgan fingerprint density at radius 2 is 1.76 bits per heavy atom. The number of fused-ring (bicyclic) bond motifs is 1. The van der Waals surface area contributed by atoms with Crippen molar-refractivity contribution < 1.29 is 9.15 Å². The third-order valence-corrected chi connectivity index (χ3v) is 5.59. The maximum atomic E-state index is 12.4. The molecule has 0 bridgehead atoms. The van der Waals surface area contributed by atoms with Crippen LogP contribution in [-0.4, -0.2) is 23.3 Å². The first-order valence-corrected chi connectivity index (χ1v) is 10.3. The molecule has 0 amide bonds. The van der Waals surface area contributed by atoms with Crippen molar-refractivity contribution in [1.82, 2.24) is 9.21 Å². The van der Waals surface area contributed by atoms with Gasteiger partial charge in [-0.1, -0.05) is 36.4 Å². The van der Waals surface area contributed by atoms with Crippen LogP contribution in [0.4, 0.5) is 0 Å². The van der Waals surface area contributed by atoms with Crippen LogP contribution in [0.3, 0.4) is 0 Å². The summed E-state index contributed by atoms with van der Waals surface area (Å²) in [6, 6.07) is 18.1. The molecule has 1 aromatic heterocycles. The molecule has 4 rings (SSSR count). The fourth-order valence-electron chi connectivity index (χ4n) is 3.38. The van der Waals surface area contributed by atoms with Crippen LogP contribution in [0, 0.1) is 0 Å². The summed E-state index contributed by atoms with van der Waals surface area (Å²) >= 11 is 1.66. The second-order valence-electron chi connectivity index (χ2n) is 7.33. The molecule has 1 aliphatic rings. The zero-order chi connectivity index (χ0) is 20.2. The fraction of sp³-hybridized carbons (Fsp3) is 0.261. The van der Waals surface area contributed by atoms with Crippen molar-refractivity contribution in [2.75, 3.05) is 14.1 Å². The highest BCUT2D eigenvalue weighted by atomic mass is 32.2. The van der Waals surface area contributed by atoms with E-state index in [-0.39, 0.29) is 11.2 Å². The van der Waals surface area contributed by atoms with E-state index in [4.69, 9.17) is 9.15 Å². The fourth-order valence-corrected chi connectivity index (χ4v) is 4.06. The summed E-state index contributed by atoms with van der Waals surface area (Å²) in [7, 11) is 4.01. The molecule has 0 N–H and O–H groups in total. The first-order chi connectivity index (χ1) is 14.1. The van der Waals surface area contributed by atoms with Crippen molar-refractivity contribution in [3.63, 3.8) is 0 Å². The molecule has 0 radical (unpaired) electrons. The molecule has 0 saturated carbocycles. The van der Waals surface area contributed by atoms with Crippen LogP contribution in [0.1, 0.15) is 22.5 Å². The molecule has 0 spiro atoms. The molecule has 0 unspecified atom stereocenters. The largest absolute Gasteiger partial charge is 0.482 e. The number of hydrogen-bond donors (Lipinski definition) is 0. The Balaban J connectivity index is 1.34. The van der Waals surface area contributed by atoms with E-state index >= 15 is 0 Å². The van der Waals surface area contributed by atoms with E-state index in [1.807, 2.05) is 42.7 Å². The molecular weight excluding hydrogens is 384 g/mol. The van der Waals surface area contributed by atoms with Crippen LogP contribution in [0.5, 0.6) is 5.75 Å². The van der Waals surface area contributed by atoms with Gasteiger partial charge in [0.05, 0.1) is 6.54 Å². The van der Waals surface area contributed by atoms with Gasteiger partial charge in [-0.05, 0) is 54.9 Å². The molecule has 3 aromatic rings. The lowest BCUT2D eigenvalue weighted by Gasteiger charge is -2.14. The summed E-state index contributed by atoms with van der Waals surface area (Å²) < 4.78 is 13.4. The first kappa shape index (κ1) is 19.8. The summed E-state index contributed by atoms with van der Waals surface area (Å²) in [6.45, 7) is 2.69. The van der Waals surface area contributed by atoms with Gasteiger partial charge in [0, 0.05) is 24.1 Å². The third-order valence-electron chi connectivity index (χ3n) is 4.74. The number of rotatable bonds is 7. The minimum atomic E-state index is -0.150. The Kier molecular flexibility index (Phi) is 6.04. The lowest BCUT2D eigenvalue weighted by atomic mass is 10.1. The zero-order valence-corrected chi connectivity index (χ0v) is 17.4. The van der Waals surface area contributed by atoms with Gasteiger partial charge in [0.25, 0.3) is 0 Å². The Morgan fingerprint density at radius 1 is 1.07 bits per heavy atom. The van der Waals surface area contributed by atoms with Gasteiger partial charge in [-0.25, -0.2) is 0 Å². The summed E-state index contributed by atoms with van der Waals surface area (Å²) in [4.78, 5) is 15.8. The molecule has 6 heteroatoms. The van der Waals surface area contributed by atoms with Gasteiger partial charge in [-0.2, -0.15) is 0 Å². The van der Waals surface area contributed by atoms with Gasteiger partial charge in [0.15, 0.2) is 0 Å². The smallest absolute Gasteiger partial charge is 0.227 e. The molecule has 5 nitrogen and oxygen atoms in total. The van der Waals surface area contributed by atoms with Crippen molar-refractivity contribution in [3.05, 3.63) is 93.5 Å². The Morgan fingerprint density at radius 3 is 2.38 bits per heavy atom. The first-order valence-electron chi connectivity index (χ1n) is 9.55. The quantitative estimate of drug-likeness (QED) is 0.543. The van der Waals surface area contributed by atoms with Crippen molar-refractivity contribution in [3.8, 4) is 5.75 Å². The Bertz CT molecular complexity index is 1010. The van der Waals surface area contributed by atoms with Crippen molar-refractivity contribution in [1.29, 1.82) is 0 Å². The molecule has 0 saturated heterocycles. The summed E-state index contributed by atoms with van der Waals surface area (Å²) in [5.41, 5.74) is 3.53. The van der Waals surface area contributed by atoms with E-state index in [0.717, 1.165) is 23.5 Å². The lowest BCUT2D eigenvalue weighted by Crippen LogP contribution is -2.17. The average Bonchev–Trinajstić information content (AvgIpc) is 3.10. The zero-order valence-electron chi connectivity index (χ0n) is 16.6. The monoisotopic (exact) mass is 408 g/mol. The van der Waals surface area contributed by atoms with E-state index in [1.165, 1.54) is 23.5 Å². The van der Waals surface area contributed by atoms with E-state index in [2.05, 4.69) is 29.2 Å². The molecule has 2 heterocycles. The number of nitrogens with zero attached hydrogens (tertiary/aromatic N) is 2. The van der Waals surface area contributed by atoms with Crippen LogP contribution >= 0.6 is 11.9 Å². The van der Waals surface area contributed by atoms with Gasteiger partial charge in [-0.3, -0.25) is 14.0 Å². The van der Waals surface area contributed by atoms with Gasteiger partial charge < -0.3 is 9.15 Å². The minimum Gasteiger partial charge on any atom is -0.482 e. The SMILES string of the molecule is CN(C)Sc1ccc(COc2coc(CN3Cc4ccccc4C3)cc2=O)cc1. The molecule has 1 aliphatic heterocycles. The molecular formula is C23H24N2O3S. The highest BCUT2D eigenvalue weighted by molar-refractivity contribution is 7.97. The number of benzene rings is 2. The van der Waals surface area contributed by atoms with E-state index < -0.39 is 0 Å². The predicted octanol–water partition coefficient (Wildman–Crippen LogP) is 4.30. The molecule has 0 atom stereocenters. The normalized spacial score (nSPS) is 13.6. The van der Waals surface area contributed by atoms with Crippen LogP contribution in [0.15, 0.2) is 75.0 Å². The number of hydrogen-bond acceptors (Lipinski definition) is 6. The second kappa shape index (κ2) is 8.86. The topological polar surface area (TPSA) is 45.9 Å². The van der Waals surface area contributed by atoms with Crippen molar-refractivity contribution in [2.24, 2.45) is 0 Å². The van der Waals surface area contributed by atoms with Gasteiger partial charge >= 0.3 is 0 Å². The Labute approximate surface area is 175 Å². The van der Waals surface area contributed by atoms with Gasteiger partial charge in [-0.15, -0.1) is 0 Å². The Hall–Kier alpha value is -2.54. The molecule has 150 valence electrons. The average molecular weight is 409 g/mol. The lowest BCUT2D eigenvalue weighted by molar-refractivity contribution is 0.241. The summed E-state index contributed by atoms with van der Waals surface area (Å²) in [6.07, 6.45) is 1.43. The highest BCUT2D eigenvalue weighted by Crippen LogP contribution is 2.24. The molecule has 2 aromatic carbocycles. The minimum absolute atomic E-state index is 0.150. The predicted molar refractivity (Wildman–Crippen MR) is 115 cm³/mol. The van der Waals surface area contributed by atoms with Gasteiger partial charge in [0.1, 0.15) is 18.6 Å². The standard InChI is InChI=1S/C23H24N2O3S/c1-24(2)29-21-9-7-17(8-10-21)15-28-23-16-27-20(11-22(23)26)14-25-12-18-5-3-4-6-19(18)13-25/h3-11,16H,12-15H2,1-2H3.